The van der Waals surface area contributed by atoms with Crippen molar-refractivity contribution in [3.05, 3.63) is 54.1 Å². The smallest absolute Gasteiger partial charge is 0.227 e. The van der Waals surface area contributed by atoms with Crippen LogP contribution in [0.1, 0.15) is 12.0 Å². The van der Waals surface area contributed by atoms with Gasteiger partial charge in [0, 0.05) is 45.0 Å². The Bertz CT molecular complexity index is 800. The maximum atomic E-state index is 12.5. The van der Waals surface area contributed by atoms with Crippen LogP contribution in [0.2, 0.25) is 0 Å². The number of anilines is 2. The number of rotatable bonds is 6. The van der Waals surface area contributed by atoms with Crippen LogP contribution in [0, 0.1) is 5.92 Å². The first-order chi connectivity index (χ1) is 13.0. The highest BCUT2D eigenvalue weighted by atomic mass is 16.5. The molecule has 2 aromatic carbocycles. The van der Waals surface area contributed by atoms with Gasteiger partial charge >= 0.3 is 0 Å². The largest absolute Gasteiger partial charge is 0.497 e. The number of ether oxygens (including phenoxy) is 1. The quantitative estimate of drug-likeness (QED) is 0.852. The SMILES string of the molecule is COc1ccc(N2C[C@H](C(=O)NCc3ccc(N(C)C)cc3)CC2=O)cc1. The van der Waals surface area contributed by atoms with E-state index in [1.165, 1.54) is 0 Å². The molecule has 0 radical (unpaired) electrons. The van der Waals surface area contributed by atoms with Gasteiger partial charge in [0.25, 0.3) is 0 Å². The van der Waals surface area contributed by atoms with Crippen molar-refractivity contribution in [1.29, 1.82) is 0 Å². The van der Waals surface area contributed by atoms with E-state index in [4.69, 9.17) is 4.74 Å². The molecule has 1 aliphatic rings. The van der Waals surface area contributed by atoms with Crippen molar-refractivity contribution < 1.29 is 14.3 Å². The highest BCUT2D eigenvalue weighted by Crippen LogP contribution is 2.27. The van der Waals surface area contributed by atoms with Gasteiger partial charge in [0.05, 0.1) is 13.0 Å². The summed E-state index contributed by atoms with van der Waals surface area (Å²) in [6, 6.07) is 15.3. The summed E-state index contributed by atoms with van der Waals surface area (Å²) in [6.07, 6.45) is 0.234. The number of nitrogens with zero attached hydrogens (tertiary/aromatic N) is 2. The van der Waals surface area contributed by atoms with E-state index in [1.54, 1.807) is 12.0 Å². The molecule has 0 spiro atoms. The van der Waals surface area contributed by atoms with Crippen LogP contribution in [0.5, 0.6) is 5.75 Å². The minimum atomic E-state index is -0.333. The van der Waals surface area contributed by atoms with E-state index in [9.17, 15) is 9.59 Å². The van der Waals surface area contributed by atoms with Gasteiger partial charge in [0.15, 0.2) is 0 Å². The van der Waals surface area contributed by atoms with Gasteiger partial charge in [0.1, 0.15) is 5.75 Å². The molecule has 1 heterocycles. The molecule has 1 N–H and O–H groups in total. The molecule has 1 aliphatic heterocycles. The maximum absolute atomic E-state index is 12.5. The van der Waals surface area contributed by atoms with Crippen molar-refractivity contribution in [3.8, 4) is 5.75 Å². The van der Waals surface area contributed by atoms with Gasteiger partial charge in [-0.1, -0.05) is 12.1 Å². The average molecular weight is 367 g/mol. The van der Waals surface area contributed by atoms with Crippen molar-refractivity contribution in [2.24, 2.45) is 5.92 Å². The zero-order chi connectivity index (χ0) is 19.4. The third-order valence-corrected chi connectivity index (χ3v) is 4.80. The van der Waals surface area contributed by atoms with Crippen LogP contribution in [0.15, 0.2) is 48.5 Å². The lowest BCUT2D eigenvalue weighted by molar-refractivity contribution is -0.126. The van der Waals surface area contributed by atoms with Crippen molar-refractivity contribution in [2.45, 2.75) is 13.0 Å². The summed E-state index contributed by atoms with van der Waals surface area (Å²) in [4.78, 5) is 28.5. The molecule has 2 aromatic rings. The first-order valence-corrected chi connectivity index (χ1v) is 8.96. The van der Waals surface area contributed by atoms with Gasteiger partial charge in [-0.05, 0) is 42.0 Å². The Labute approximate surface area is 159 Å². The zero-order valence-electron chi connectivity index (χ0n) is 15.9. The summed E-state index contributed by atoms with van der Waals surface area (Å²) in [7, 11) is 5.58. The molecule has 0 unspecified atom stereocenters. The summed E-state index contributed by atoms with van der Waals surface area (Å²) in [6.45, 7) is 0.857. The third kappa shape index (κ3) is 4.39. The third-order valence-electron chi connectivity index (χ3n) is 4.80. The minimum Gasteiger partial charge on any atom is -0.497 e. The summed E-state index contributed by atoms with van der Waals surface area (Å²) in [5, 5.41) is 2.95. The van der Waals surface area contributed by atoms with Crippen molar-refractivity contribution in [3.63, 3.8) is 0 Å². The number of carbonyl (C=O) groups excluding carboxylic acids is 2. The normalized spacial score (nSPS) is 16.3. The van der Waals surface area contributed by atoms with Gasteiger partial charge in [0.2, 0.25) is 11.8 Å². The molecule has 142 valence electrons. The van der Waals surface area contributed by atoms with Crippen molar-refractivity contribution >= 4 is 23.2 Å². The lowest BCUT2D eigenvalue weighted by atomic mass is 10.1. The van der Waals surface area contributed by atoms with Crippen molar-refractivity contribution in [1.82, 2.24) is 5.32 Å². The standard InChI is InChI=1S/C21H25N3O3/c1-23(2)17-6-4-15(5-7-17)13-22-21(26)16-12-20(25)24(14-16)18-8-10-19(27-3)11-9-18/h4-11,16H,12-14H2,1-3H3,(H,22,26)/t16-/m1/s1. The molecule has 1 saturated heterocycles. The summed E-state index contributed by atoms with van der Waals surface area (Å²) < 4.78 is 5.14. The van der Waals surface area contributed by atoms with E-state index in [0.717, 1.165) is 22.7 Å². The second-order valence-electron chi connectivity index (χ2n) is 6.88. The Kier molecular flexibility index (Phi) is 5.64. The molecular weight excluding hydrogens is 342 g/mol. The number of carbonyl (C=O) groups is 2. The molecule has 0 aliphatic carbocycles. The monoisotopic (exact) mass is 367 g/mol. The second kappa shape index (κ2) is 8.12. The molecule has 0 saturated carbocycles. The summed E-state index contributed by atoms with van der Waals surface area (Å²) >= 11 is 0. The fourth-order valence-electron chi connectivity index (χ4n) is 3.14. The van der Waals surface area contributed by atoms with Gasteiger partial charge < -0.3 is 19.9 Å². The van der Waals surface area contributed by atoms with E-state index in [-0.39, 0.29) is 24.2 Å². The Morgan fingerprint density at radius 3 is 2.41 bits per heavy atom. The van der Waals surface area contributed by atoms with Crippen LogP contribution in [0.3, 0.4) is 0 Å². The topological polar surface area (TPSA) is 61.9 Å². The van der Waals surface area contributed by atoms with E-state index in [2.05, 4.69) is 5.32 Å². The first kappa shape index (κ1) is 18.8. The van der Waals surface area contributed by atoms with Crippen molar-refractivity contribution in [2.75, 3.05) is 37.5 Å². The molecule has 6 nitrogen and oxygen atoms in total. The molecule has 1 fully saturated rings. The van der Waals surface area contributed by atoms with E-state index < -0.39 is 0 Å². The van der Waals surface area contributed by atoms with Crippen LogP contribution in [-0.2, 0) is 16.1 Å². The molecule has 0 aromatic heterocycles. The van der Waals surface area contributed by atoms with E-state index in [0.29, 0.717) is 13.1 Å². The molecule has 6 heteroatoms. The average Bonchev–Trinajstić information content (AvgIpc) is 3.08. The molecule has 0 bridgehead atoms. The Hall–Kier alpha value is -3.02. The number of amides is 2. The zero-order valence-corrected chi connectivity index (χ0v) is 15.9. The minimum absolute atomic E-state index is 0.0318. The number of hydrogen-bond donors (Lipinski definition) is 1. The lowest BCUT2D eigenvalue weighted by Crippen LogP contribution is -2.32. The van der Waals surface area contributed by atoms with Crippen LogP contribution in [-0.4, -0.2) is 39.6 Å². The van der Waals surface area contributed by atoms with E-state index in [1.807, 2.05) is 67.5 Å². The fraction of sp³-hybridized carbons (Fsp3) is 0.333. The second-order valence-corrected chi connectivity index (χ2v) is 6.88. The highest BCUT2D eigenvalue weighted by Gasteiger charge is 2.34. The number of nitrogens with one attached hydrogen (secondary N) is 1. The highest BCUT2D eigenvalue weighted by molar-refractivity contribution is 6.00. The van der Waals surface area contributed by atoms with Gasteiger partial charge in [-0.3, -0.25) is 9.59 Å². The number of benzene rings is 2. The Morgan fingerprint density at radius 2 is 1.81 bits per heavy atom. The fourth-order valence-corrected chi connectivity index (χ4v) is 3.14. The van der Waals surface area contributed by atoms with Gasteiger partial charge in [-0.25, -0.2) is 0 Å². The molecule has 2 amide bonds. The number of hydrogen-bond acceptors (Lipinski definition) is 4. The predicted molar refractivity (Wildman–Crippen MR) is 106 cm³/mol. The van der Waals surface area contributed by atoms with E-state index >= 15 is 0 Å². The summed E-state index contributed by atoms with van der Waals surface area (Å²) in [5.41, 5.74) is 2.93. The van der Waals surface area contributed by atoms with Gasteiger partial charge in [-0.15, -0.1) is 0 Å². The Balaban J connectivity index is 1.56. The Morgan fingerprint density at radius 1 is 1.15 bits per heavy atom. The molecule has 27 heavy (non-hydrogen) atoms. The van der Waals surface area contributed by atoms with Crippen LogP contribution >= 0.6 is 0 Å². The summed E-state index contributed by atoms with van der Waals surface area (Å²) in [5.74, 6) is 0.285. The van der Waals surface area contributed by atoms with Crippen LogP contribution in [0.25, 0.3) is 0 Å². The van der Waals surface area contributed by atoms with Gasteiger partial charge in [-0.2, -0.15) is 0 Å². The number of methoxy groups -OCH3 is 1. The molecular formula is C21H25N3O3. The maximum Gasteiger partial charge on any atom is 0.227 e. The first-order valence-electron chi connectivity index (χ1n) is 8.96. The lowest BCUT2D eigenvalue weighted by Gasteiger charge is -2.17. The van der Waals surface area contributed by atoms with Crippen LogP contribution < -0.4 is 19.9 Å². The van der Waals surface area contributed by atoms with Crippen LogP contribution in [0.4, 0.5) is 11.4 Å². The predicted octanol–water partition coefficient (Wildman–Crippen LogP) is 2.43. The molecule has 1 atom stereocenters. The molecule has 3 rings (SSSR count).